The van der Waals surface area contributed by atoms with Gasteiger partial charge in [0.05, 0.1) is 16.8 Å². The number of hydrogen-bond acceptors (Lipinski definition) is 4. The molecule has 0 spiro atoms. The Morgan fingerprint density at radius 3 is 2.48 bits per heavy atom. The Bertz CT molecular complexity index is 688. The van der Waals surface area contributed by atoms with Crippen molar-refractivity contribution < 1.29 is 14.7 Å². The minimum atomic E-state index is -1.07. The number of amides is 1. The molecule has 1 heterocycles. The first-order valence-corrected chi connectivity index (χ1v) is 7.38. The van der Waals surface area contributed by atoms with E-state index < -0.39 is 5.97 Å². The minimum Gasteiger partial charge on any atom is -0.478 e. The maximum atomic E-state index is 12.6. The summed E-state index contributed by atoms with van der Waals surface area (Å²) in [6.07, 6.45) is 3.46. The molecule has 6 heteroatoms. The summed E-state index contributed by atoms with van der Waals surface area (Å²) in [7, 11) is 1.56. The van der Waals surface area contributed by atoms with Gasteiger partial charge in [-0.15, -0.1) is 11.8 Å². The Morgan fingerprint density at radius 1 is 1.14 bits per heavy atom. The molecule has 0 saturated heterocycles. The lowest BCUT2D eigenvalue weighted by Gasteiger charge is -2.20. The number of carboxylic acids is 1. The van der Waals surface area contributed by atoms with Gasteiger partial charge in [-0.05, 0) is 30.5 Å². The SMILES string of the molecule is CSc1ncccc1C(=O)N(C)c1ccccc1C(=O)O. The van der Waals surface area contributed by atoms with Gasteiger partial charge in [-0.3, -0.25) is 4.79 Å². The summed E-state index contributed by atoms with van der Waals surface area (Å²) in [5, 5.41) is 9.83. The summed E-state index contributed by atoms with van der Waals surface area (Å²) in [5.41, 5.74) is 0.890. The summed E-state index contributed by atoms with van der Waals surface area (Å²) in [4.78, 5) is 29.3. The van der Waals surface area contributed by atoms with Gasteiger partial charge in [0.25, 0.3) is 5.91 Å². The van der Waals surface area contributed by atoms with Gasteiger partial charge in [-0.1, -0.05) is 12.1 Å². The minimum absolute atomic E-state index is 0.0861. The van der Waals surface area contributed by atoms with Crippen molar-refractivity contribution in [3.8, 4) is 0 Å². The van der Waals surface area contributed by atoms with Gasteiger partial charge < -0.3 is 10.0 Å². The molecule has 0 aliphatic heterocycles. The van der Waals surface area contributed by atoms with Crippen LogP contribution in [0.15, 0.2) is 47.6 Å². The predicted molar refractivity (Wildman–Crippen MR) is 82.2 cm³/mol. The summed E-state index contributed by atoms with van der Waals surface area (Å²) in [6.45, 7) is 0. The molecule has 2 aromatic rings. The second kappa shape index (κ2) is 6.41. The van der Waals surface area contributed by atoms with E-state index in [0.717, 1.165) is 0 Å². The summed E-state index contributed by atoms with van der Waals surface area (Å²) in [5.74, 6) is -1.36. The fraction of sp³-hybridized carbons (Fsp3) is 0.133. The first kappa shape index (κ1) is 15.1. The van der Waals surface area contributed by atoms with E-state index in [9.17, 15) is 14.7 Å². The van der Waals surface area contributed by atoms with Crippen LogP contribution in [0.4, 0.5) is 5.69 Å². The Kier molecular flexibility index (Phi) is 4.59. The third kappa shape index (κ3) is 3.05. The average molecular weight is 302 g/mol. The number of aromatic nitrogens is 1. The lowest BCUT2D eigenvalue weighted by Crippen LogP contribution is -2.28. The number of anilines is 1. The molecule has 1 amide bonds. The van der Waals surface area contributed by atoms with E-state index in [1.807, 2.05) is 6.26 Å². The van der Waals surface area contributed by atoms with Gasteiger partial charge in [-0.2, -0.15) is 0 Å². The van der Waals surface area contributed by atoms with Crippen LogP contribution in [0.5, 0.6) is 0 Å². The van der Waals surface area contributed by atoms with E-state index in [-0.39, 0.29) is 11.5 Å². The number of carboxylic acid groups (broad SMARTS) is 1. The van der Waals surface area contributed by atoms with Crippen molar-refractivity contribution in [2.45, 2.75) is 5.03 Å². The van der Waals surface area contributed by atoms with Crippen molar-refractivity contribution in [1.29, 1.82) is 0 Å². The molecule has 2 rings (SSSR count). The zero-order valence-electron chi connectivity index (χ0n) is 11.6. The fourth-order valence-corrected chi connectivity index (χ4v) is 2.49. The monoisotopic (exact) mass is 302 g/mol. The first-order chi connectivity index (χ1) is 10.1. The highest BCUT2D eigenvalue weighted by atomic mass is 32.2. The number of aromatic carboxylic acids is 1. The van der Waals surface area contributed by atoms with Crippen LogP contribution in [-0.2, 0) is 0 Å². The van der Waals surface area contributed by atoms with Crippen LogP contribution in [0.25, 0.3) is 0 Å². The molecule has 108 valence electrons. The lowest BCUT2D eigenvalue weighted by atomic mass is 10.1. The average Bonchev–Trinajstić information content (AvgIpc) is 2.53. The molecule has 1 aromatic carbocycles. The van der Waals surface area contributed by atoms with Crippen LogP contribution in [0, 0.1) is 0 Å². The Balaban J connectivity index is 2.43. The number of carbonyl (C=O) groups excluding carboxylic acids is 1. The van der Waals surface area contributed by atoms with E-state index in [4.69, 9.17) is 0 Å². The van der Waals surface area contributed by atoms with E-state index in [0.29, 0.717) is 16.3 Å². The first-order valence-electron chi connectivity index (χ1n) is 6.15. The standard InChI is InChI=1S/C15H14N2O3S/c1-17(12-8-4-3-6-10(12)15(19)20)14(18)11-7-5-9-16-13(11)21-2/h3-9H,1-2H3,(H,19,20). The molecule has 0 aliphatic carbocycles. The van der Waals surface area contributed by atoms with Crippen molar-refractivity contribution in [3.05, 3.63) is 53.7 Å². The third-order valence-electron chi connectivity index (χ3n) is 3.00. The molecule has 21 heavy (non-hydrogen) atoms. The molecule has 0 aliphatic rings. The van der Waals surface area contributed by atoms with Crippen LogP contribution in [-0.4, -0.2) is 35.3 Å². The zero-order chi connectivity index (χ0) is 15.4. The van der Waals surface area contributed by atoms with Gasteiger partial charge in [0.2, 0.25) is 0 Å². The number of thioether (sulfide) groups is 1. The molecule has 0 saturated carbocycles. The molecule has 0 unspecified atom stereocenters. The highest BCUT2D eigenvalue weighted by Gasteiger charge is 2.21. The van der Waals surface area contributed by atoms with Crippen molar-refractivity contribution >= 4 is 29.3 Å². The number of hydrogen-bond donors (Lipinski definition) is 1. The van der Waals surface area contributed by atoms with Gasteiger partial charge in [0, 0.05) is 13.2 Å². The van der Waals surface area contributed by atoms with E-state index >= 15 is 0 Å². The zero-order valence-corrected chi connectivity index (χ0v) is 12.4. The van der Waals surface area contributed by atoms with Gasteiger partial charge in [0.15, 0.2) is 0 Å². The second-order valence-electron chi connectivity index (χ2n) is 4.25. The van der Waals surface area contributed by atoms with E-state index in [1.165, 1.54) is 22.7 Å². The van der Waals surface area contributed by atoms with Crippen molar-refractivity contribution in [1.82, 2.24) is 4.98 Å². The molecule has 5 nitrogen and oxygen atoms in total. The topological polar surface area (TPSA) is 70.5 Å². The van der Waals surface area contributed by atoms with E-state index in [2.05, 4.69) is 4.98 Å². The van der Waals surface area contributed by atoms with Crippen molar-refractivity contribution in [2.75, 3.05) is 18.2 Å². The molecule has 1 aromatic heterocycles. The molecule has 0 bridgehead atoms. The fourth-order valence-electron chi connectivity index (χ4n) is 1.95. The van der Waals surface area contributed by atoms with E-state index in [1.54, 1.807) is 43.6 Å². The number of nitrogens with zero attached hydrogens (tertiary/aromatic N) is 2. The molecule has 1 N–H and O–H groups in total. The maximum absolute atomic E-state index is 12.6. The number of benzene rings is 1. The Labute approximate surface area is 126 Å². The van der Waals surface area contributed by atoms with Crippen LogP contribution < -0.4 is 4.90 Å². The highest BCUT2D eigenvalue weighted by Crippen LogP contribution is 2.24. The van der Waals surface area contributed by atoms with Crippen LogP contribution >= 0.6 is 11.8 Å². The molecule has 0 fully saturated rings. The Hall–Kier alpha value is -2.34. The maximum Gasteiger partial charge on any atom is 0.337 e. The highest BCUT2D eigenvalue weighted by molar-refractivity contribution is 7.98. The molecular formula is C15H14N2O3S. The van der Waals surface area contributed by atoms with Gasteiger partial charge in [-0.25, -0.2) is 9.78 Å². The number of rotatable bonds is 4. The lowest BCUT2D eigenvalue weighted by molar-refractivity contribution is 0.0697. The largest absolute Gasteiger partial charge is 0.478 e. The second-order valence-corrected chi connectivity index (χ2v) is 5.04. The number of para-hydroxylation sites is 1. The molecule has 0 atom stereocenters. The van der Waals surface area contributed by atoms with Crippen LogP contribution in [0.3, 0.4) is 0 Å². The summed E-state index contributed by atoms with van der Waals surface area (Å²) in [6, 6.07) is 9.77. The van der Waals surface area contributed by atoms with Crippen molar-refractivity contribution in [2.24, 2.45) is 0 Å². The predicted octanol–water partition coefficient (Wildman–Crippen LogP) is 2.78. The quantitative estimate of drug-likeness (QED) is 0.879. The Morgan fingerprint density at radius 2 is 1.81 bits per heavy atom. The third-order valence-corrected chi connectivity index (χ3v) is 3.71. The molecule has 0 radical (unpaired) electrons. The number of pyridine rings is 1. The van der Waals surface area contributed by atoms with Gasteiger partial charge >= 0.3 is 5.97 Å². The normalized spacial score (nSPS) is 10.2. The summed E-state index contributed by atoms with van der Waals surface area (Å²) >= 11 is 1.37. The van der Waals surface area contributed by atoms with Crippen molar-refractivity contribution in [3.63, 3.8) is 0 Å². The summed E-state index contributed by atoms with van der Waals surface area (Å²) < 4.78 is 0. The molecular weight excluding hydrogens is 288 g/mol. The van der Waals surface area contributed by atoms with Crippen LogP contribution in [0.2, 0.25) is 0 Å². The van der Waals surface area contributed by atoms with Crippen LogP contribution in [0.1, 0.15) is 20.7 Å². The smallest absolute Gasteiger partial charge is 0.337 e. The van der Waals surface area contributed by atoms with Gasteiger partial charge in [0.1, 0.15) is 5.03 Å². The number of carbonyl (C=O) groups is 2.